The van der Waals surface area contributed by atoms with Gasteiger partial charge in [-0.15, -0.1) is 0 Å². The van der Waals surface area contributed by atoms with Crippen LogP contribution in [0.25, 0.3) is 0 Å². The third-order valence-corrected chi connectivity index (χ3v) is 4.24. The fraction of sp³-hybridized carbons (Fsp3) is 0.133. The Kier molecular flexibility index (Phi) is 5.51. The largest absolute Gasteiger partial charge is 0.487 e. The summed E-state index contributed by atoms with van der Waals surface area (Å²) in [6, 6.07) is 10.3. The first-order chi connectivity index (χ1) is 10.0. The molecule has 0 spiro atoms. The molecule has 21 heavy (non-hydrogen) atoms. The Bertz CT molecular complexity index is 657. The number of carbonyl (C=O) groups excluding carboxylic acids is 1. The molecular formula is C15H11BrCl2O3. The number of halogens is 3. The quantitative estimate of drug-likeness (QED) is 0.537. The molecule has 0 aliphatic heterocycles. The lowest BCUT2D eigenvalue weighted by Gasteiger charge is -2.10. The average molecular weight is 390 g/mol. The van der Waals surface area contributed by atoms with Gasteiger partial charge in [0.25, 0.3) is 0 Å². The van der Waals surface area contributed by atoms with Gasteiger partial charge >= 0.3 is 5.97 Å². The molecule has 0 saturated carbocycles. The Labute approximate surface area is 140 Å². The van der Waals surface area contributed by atoms with Gasteiger partial charge in [0, 0.05) is 10.5 Å². The molecule has 0 fully saturated rings. The van der Waals surface area contributed by atoms with Gasteiger partial charge in [-0.2, -0.15) is 0 Å². The van der Waals surface area contributed by atoms with Crippen molar-refractivity contribution in [1.82, 2.24) is 0 Å². The standard InChI is InChI=1S/C15H11BrCl2O3/c1-20-15(19)10-4-2-9(3-5-10)8-21-14-7-12(17)11(16)6-13(14)18/h2-7H,8H2,1H3. The number of carbonyl (C=O) groups is 1. The highest BCUT2D eigenvalue weighted by Crippen LogP contribution is 2.34. The lowest BCUT2D eigenvalue weighted by Crippen LogP contribution is -2.02. The molecule has 110 valence electrons. The highest BCUT2D eigenvalue weighted by Gasteiger charge is 2.08. The van der Waals surface area contributed by atoms with Crippen molar-refractivity contribution in [2.45, 2.75) is 6.61 Å². The molecule has 2 rings (SSSR count). The Morgan fingerprint density at radius 3 is 2.43 bits per heavy atom. The van der Waals surface area contributed by atoms with Crippen molar-refractivity contribution in [3.05, 3.63) is 62.0 Å². The second-order valence-corrected chi connectivity index (χ2v) is 5.84. The van der Waals surface area contributed by atoms with Gasteiger partial charge in [0.05, 0.1) is 22.7 Å². The molecule has 0 atom stereocenters. The number of hydrogen-bond donors (Lipinski definition) is 0. The summed E-state index contributed by atoms with van der Waals surface area (Å²) in [6.45, 7) is 0.319. The van der Waals surface area contributed by atoms with Gasteiger partial charge in [-0.05, 0) is 39.7 Å². The Balaban J connectivity index is 2.06. The van der Waals surface area contributed by atoms with Crippen LogP contribution in [0.1, 0.15) is 15.9 Å². The van der Waals surface area contributed by atoms with E-state index >= 15 is 0 Å². The van der Waals surface area contributed by atoms with Gasteiger partial charge in [0.2, 0.25) is 0 Å². The number of hydrogen-bond acceptors (Lipinski definition) is 3. The maximum Gasteiger partial charge on any atom is 0.337 e. The van der Waals surface area contributed by atoms with Gasteiger partial charge in [-0.25, -0.2) is 4.79 Å². The highest BCUT2D eigenvalue weighted by molar-refractivity contribution is 9.10. The molecule has 0 N–H and O–H groups in total. The summed E-state index contributed by atoms with van der Waals surface area (Å²) in [6.07, 6.45) is 0. The minimum absolute atomic E-state index is 0.319. The van der Waals surface area contributed by atoms with Crippen molar-refractivity contribution < 1.29 is 14.3 Å². The number of esters is 1. The maximum atomic E-state index is 11.3. The Hall–Kier alpha value is -1.23. The first-order valence-corrected chi connectivity index (χ1v) is 7.50. The SMILES string of the molecule is COC(=O)c1ccc(COc2cc(Cl)c(Br)cc2Cl)cc1. The van der Waals surface area contributed by atoms with Crippen molar-refractivity contribution in [2.75, 3.05) is 7.11 Å². The molecule has 0 heterocycles. The smallest absolute Gasteiger partial charge is 0.337 e. The molecule has 0 radical (unpaired) electrons. The number of methoxy groups -OCH3 is 1. The van der Waals surface area contributed by atoms with Crippen LogP contribution in [0.15, 0.2) is 40.9 Å². The molecule has 3 nitrogen and oxygen atoms in total. The summed E-state index contributed by atoms with van der Waals surface area (Å²) < 4.78 is 11.0. The summed E-state index contributed by atoms with van der Waals surface area (Å²) in [4.78, 5) is 11.3. The second-order valence-electron chi connectivity index (χ2n) is 4.17. The van der Waals surface area contributed by atoms with Crippen LogP contribution in [-0.4, -0.2) is 13.1 Å². The van der Waals surface area contributed by atoms with Crippen molar-refractivity contribution in [2.24, 2.45) is 0 Å². The fourth-order valence-electron chi connectivity index (χ4n) is 1.63. The average Bonchev–Trinajstić information content (AvgIpc) is 2.49. The molecule has 0 aliphatic rings. The molecule has 0 bridgehead atoms. The van der Waals surface area contributed by atoms with Crippen molar-refractivity contribution >= 4 is 45.1 Å². The van der Waals surface area contributed by atoms with Crippen LogP contribution in [-0.2, 0) is 11.3 Å². The summed E-state index contributed by atoms with van der Waals surface area (Å²) in [5.74, 6) is 0.132. The zero-order valence-corrected chi connectivity index (χ0v) is 14.1. The topological polar surface area (TPSA) is 35.5 Å². The van der Waals surface area contributed by atoms with E-state index in [9.17, 15) is 4.79 Å². The minimum atomic E-state index is -0.370. The van der Waals surface area contributed by atoms with Gasteiger partial charge in [0.1, 0.15) is 12.4 Å². The minimum Gasteiger partial charge on any atom is -0.487 e. The predicted molar refractivity (Wildman–Crippen MR) is 86.3 cm³/mol. The third kappa shape index (κ3) is 4.13. The van der Waals surface area contributed by atoms with E-state index in [2.05, 4.69) is 20.7 Å². The monoisotopic (exact) mass is 388 g/mol. The van der Waals surface area contributed by atoms with E-state index in [0.29, 0.717) is 32.4 Å². The van der Waals surface area contributed by atoms with Crippen LogP contribution < -0.4 is 4.74 Å². The van der Waals surface area contributed by atoms with E-state index in [1.54, 1.807) is 36.4 Å². The first kappa shape index (κ1) is 16.1. The van der Waals surface area contributed by atoms with E-state index in [1.807, 2.05) is 0 Å². The van der Waals surface area contributed by atoms with Crippen LogP contribution in [0.5, 0.6) is 5.75 Å². The second kappa shape index (κ2) is 7.16. The van der Waals surface area contributed by atoms with E-state index < -0.39 is 0 Å². The van der Waals surface area contributed by atoms with Crippen LogP contribution in [0.4, 0.5) is 0 Å². The van der Waals surface area contributed by atoms with Crippen molar-refractivity contribution in [1.29, 1.82) is 0 Å². The van der Waals surface area contributed by atoms with Crippen LogP contribution in [0.2, 0.25) is 10.0 Å². The molecule has 0 saturated heterocycles. The summed E-state index contributed by atoms with van der Waals surface area (Å²) >= 11 is 15.4. The fourth-order valence-corrected chi connectivity index (χ4v) is 2.48. The molecule has 2 aromatic carbocycles. The molecule has 0 amide bonds. The van der Waals surface area contributed by atoms with Crippen molar-refractivity contribution in [3.63, 3.8) is 0 Å². The van der Waals surface area contributed by atoms with Gasteiger partial charge in [0.15, 0.2) is 0 Å². The number of benzene rings is 2. The van der Waals surface area contributed by atoms with Gasteiger partial charge < -0.3 is 9.47 Å². The molecule has 2 aromatic rings. The molecule has 0 unspecified atom stereocenters. The number of rotatable bonds is 4. The van der Waals surface area contributed by atoms with Gasteiger partial charge in [-0.1, -0.05) is 35.3 Å². The lowest BCUT2D eigenvalue weighted by molar-refractivity contribution is 0.0600. The predicted octanol–water partition coefficient (Wildman–Crippen LogP) is 5.12. The maximum absolute atomic E-state index is 11.3. The highest BCUT2D eigenvalue weighted by atomic mass is 79.9. The van der Waals surface area contributed by atoms with Crippen LogP contribution in [0.3, 0.4) is 0 Å². The third-order valence-electron chi connectivity index (χ3n) is 2.74. The normalized spacial score (nSPS) is 10.3. The Morgan fingerprint density at radius 2 is 1.81 bits per heavy atom. The van der Waals surface area contributed by atoms with Gasteiger partial charge in [-0.3, -0.25) is 0 Å². The summed E-state index contributed by atoms with van der Waals surface area (Å²) in [5, 5.41) is 0.993. The summed E-state index contributed by atoms with van der Waals surface area (Å²) in [5.41, 5.74) is 1.39. The summed E-state index contributed by atoms with van der Waals surface area (Å²) in [7, 11) is 1.35. The molecule has 0 aromatic heterocycles. The van der Waals surface area contributed by atoms with E-state index in [1.165, 1.54) is 7.11 Å². The molecule has 6 heteroatoms. The van der Waals surface area contributed by atoms with E-state index in [4.69, 9.17) is 27.9 Å². The van der Waals surface area contributed by atoms with E-state index in [-0.39, 0.29) is 5.97 Å². The molecule has 0 aliphatic carbocycles. The van der Waals surface area contributed by atoms with Crippen LogP contribution >= 0.6 is 39.1 Å². The lowest BCUT2D eigenvalue weighted by atomic mass is 10.1. The Morgan fingerprint density at radius 1 is 1.14 bits per heavy atom. The van der Waals surface area contributed by atoms with E-state index in [0.717, 1.165) is 5.56 Å². The zero-order chi connectivity index (χ0) is 15.4. The van der Waals surface area contributed by atoms with Crippen molar-refractivity contribution in [3.8, 4) is 5.75 Å². The van der Waals surface area contributed by atoms with Crippen LogP contribution in [0, 0.1) is 0 Å². The zero-order valence-electron chi connectivity index (χ0n) is 11.0. The first-order valence-electron chi connectivity index (χ1n) is 5.96. The number of ether oxygens (including phenoxy) is 2. The molecular weight excluding hydrogens is 379 g/mol.